The van der Waals surface area contributed by atoms with Crippen molar-refractivity contribution >= 4 is 23.5 Å². The Balaban J connectivity index is 1.65. The monoisotopic (exact) mass is 344 g/mol. The highest BCUT2D eigenvalue weighted by Crippen LogP contribution is 2.28. The van der Waals surface area contributed by atoms with Gasteiger partial charge in [-0.15, -0.1) is 0 Å². The van der Waals surface area contributed by atoms with Crippen molar-refractivity contribution < 1.29 is 14.3 Å². The molecule has 1 N–H and O–H groups in total. The van der Waals surface area contributed by atoms with E-state index in [4.69, 9.17) is 16.3 Å². The SMILES string of the molecule is CC1(c2ccccc2)NC(=O)N(CCOc2ccc(Cl)cc2)C1=O. The smallest absolute Gasteiger partial charge is 0.325 e. The number of halogens is 1. The van der Waals surface area contributed by atoms with Crippen LogP contribution in [0.3, 0.4) is 0 Å². The number of ether oxygens (including phenoxy) is 1. The molecule has 1 aliphatic rings. The first-order valence-electron chi connectivity index (χ1n) is 7.59. The summed E-state index contributed by atoms with van der Waals surface area (Å²) in [6, 6.07) is 15.7. The normalized spacial score (nSPS) is 20.2. The predicted octanol–water partition coefficient (Wildman–Crippen LogP) is 3.19. The van der Waals surface area contributed by atoms with Crippen molar-refractivity contribution in [1.82, 2.24) is 10.2 Å². The summed E-state index contributed by atoms with van der Waals surface area (Å²) in [7, 11) is 0. The fourth-order valence-corrected chi connectivity index (χ4v) is 2.78. The summed E-state index contributed by atoms with van der Waals surface area (Å²) in [5.74, 6) is 0.357. The van der Waals surface area contributed by atoms with E-state index in [-0.39, 0.29) is 19.1 Å². The van der Waals surface area contributed by atoms with Gasteiger partial charge in [-0.2, -0.15) is 0 Å². The second-order valence-corrected chi connectivity index (χ2v) is 6.12. The molecule has 0 radical (unpaired) electrons. The van der Waals surface area contributed by atoms with Crippen LogP contribution in [0.2, 0.25) is 5.02 Å². The maximum Gasteiger partial charge on any atom is 0.325 e. The van der Waals surface area contributed by atoms with Gasteiger partial charge in [0.2, 0.25) is 0 Å². The molecular formula is C18H17ClN2O3. The number of urea groups is 1. The van der Waals surface area contributed by atoms with E-state index in [1.165, 1.54) is 4.90 Å². The quantitative estimate of drug-likeness (QED) is 0.847. The maximum atomic E-state index is 12.7. The van der Waals surface area contributed by atoms with Gasteiger partial charge >= 0.3 is 6.03 Å². The minimum atomic E-state index is -1.04. The van der Waals surface area contributed by atoms with Crippen LogP contribution in [0.25, 0.3) is 0 Å². The Kier molecular flexibility index (Phi) is 4.44. The molecule has 6 heteroatoms. The number of amides is 3. The Morgan fingerprint density at radius 1 is 1.08 bits per heavy atom. The summed E-state index contributed by atoms with van der Waals surface area (Å²) in [6.07, 6.45) is 0. The van der Waals surface area contributed by atoms with Gasteiger partial charge in [0.15, 0.2) is 0 Å². The van der Waals surface area contributed by atoms with Gasteiger partial charge in [-0.3, -0.25) is 9.69 Å². The molecule has 1 unspecified atom stereocenters. The minimum absolute atomic E-state index is 0.176. The number of benzene rings is 2. The number of hydrogen-bond donors (Lipinski definition) is 1. The van der Waals surface area contributed by atoms with Crippen molar-refractivity contribution in [3.8, 4) is 5.75 Å². The van der Waals surface area contributed by atoms with Gasteiger partial charge in [0.25, 0.3) is 5.91 Å². The summed E-state index contributed by atoms with van der Waals surface area (Å²) in [6.45, 7) is 2.10. The maximum absolute atomic E-state index is 12.7. The standard InChI is InChI=1S/C18H17ClN2O3/c1-18(13-5-3-2-4-6-13)16(22)21(17(23)20-18)11-12-24-15-9-7-14(19)8-10-15/h2-10H,11-12H2,1H3,(H,20,23). The van der Waals surface area contributed by atoms with Crippen LogP contribution in [0, 0.1) is 0 Å². The lowest BCUT2D eigenvalue weighted by molar-refractivity contribution is -0.131. The molecule has 2 aromatic rings. The van der Waals surface area contributed by atoms with Crippen LogP contribution in [-0.2, 0) is 10.3 Å². The van der Waals surface area contributed by atoms with Crippen LogP contribution in [0.1, 0.15) is 12.5 Å². The number of nitrogens with zero attached hydrogens (tertiary/aromatic N) is 1. The van der Waals surface area contributed by atoms with Crippen molar-refractivity contribution in [2.75, 3.05) is 13.2 Å². The Bertz CT molecular complexity index is 749. The Hall–Kier alpha value is -2.53. The van der Waals surface area contributed by atoms with Crippen LogP contribution in [0.15, 0.2) is 54.6 Å². The second-order valence-electron chi connectivity index (χ2n) is 5.68. The molecule has 1 saturated heterocycles. The predicted molar refractivity (Wildman–Crippen MR) is 91.0 cm³/mol. The van der Waals surface area contributed by atoms with Crippen LogP contribution in [0.5, 0.6) is 5.75 Å². The van der Waals surface area contributed by atoms with E-state index in [1.807, 2.05) is 30.3 Å². The van der Waals surface area contributed by atoms with Gasteiger partial charge in [0.1, 0.15) is 17.9 Å². The van der Waals surface area contributed by atoms with E-state index in [1.54, 1.807) is 31.2 Å². The van der Waals surface area contributed by atoms with Crippen molar-refractivity contribution in [3.63, 3.8) is 0 Å². The first kappa shape index (κ1) is 16.3. The molecule has 3 amide bonds. The molecule has 3 rings (SSSR count). The third-order valence-corrected chi connectivity index (χ3v) is 4.28. The summed E-state index contributed by atoms with van der Waals surface area (Å²) >= 11 is 5.82. The van der Waals surface area contributed by atoms with Crippen LogP contribution in [-0.4, -0.2) is 30.0 Å². The molecule has 0 aromatic heterocycles. The van der Waals surface area contributed by atoms with Gasteiger partial charge in [0, 0.05) is 5.02 Å². The molecule has 124 valence electrons. The highest BCUT2D eigenvalue weighted by atomic mass is 35.5. The average Bonchev–Trinajstić information content (AvgIpc) is 2.81. The van der Waals surface area contributed by atoms with Crippen LogP contribution >= 0.6 is 11.6 Å². The van der Waals surface area contributed by atoms with Crippen molar-refractivity contribution in [3.05, 3.63) is 65.2 Å². The van der Waals surface area contributed by atoms with Gasteiger partial charge in [0.05, 0.1) is 6.54 Å². The number of hydrogen-bond acceptors (Lipinski definition) is 3. The Morgan fingerprint density at radius 2 is 1.75 bits per heavy atom. The second kappa shape index (κ2) is 6.53. The van der Waals surface area contributed by atoms with E-state index < -0.39 is 11.6 Å². The van der Waals surface area contributed by atoms with E-state index in [0.29, 0.717) is 10.8 Å². The van der Waals surface area contributed by atoms with Crippen molar-refractivity contribution in [2.45, 2.75) is 12.5 Å². The van der Waals surface area contributed by atoms with Gasteiger partial charge in [-0.25, -0.2) is 4.79 Å². The summed E-state index contributed by atoms with van der Waals surface area (Å²) in [4.78, 5) is 26.1. The van der Waals surface area contributed by atoms with Crippen molar-refractivity contribution in [1.29, 1.82) is 0 Å². The molecule has 1 heterocycles. The molecule has 0 aliphatic carbocycles. The molecule has 0 saturated carbocycles. The van der Waals surface area contributed by atoms with Crippen molar-refractivity contribution in [2.24, 2.45) is 0 Å². The molecule has 2 aromatic carbocycles. The number of imide groups is 1. The van der Waals surface area contributed by atoms with E-state index in [9.17, 15) is 9.59 Å². The molecule has 0 bridgehead atoms. The highest BCUT2D eigenvalue weighted by molar-refractivity contribution is 6.30. The summed E-state index contributed by atoms with van der Waals surface area (Å²) in [5, 5.41) is 3.39. The number of carbonyl (C=O) groups is 2. The fraction of sp³-hybridized carbons (Fsp3) is 0.222. The molecule has 0 spiro atoms. The summed E-state index contributed by atoms with van der Waals surface area (Å²) < 4.78 is 5.56. The molecule has 1 atom stereocenters. The third-order valence-electron chi connectivity index (χ3n) is 4.02. The largest absolute Gasteiger partial charge is 0.492 e. The molecule has 5 nitrogen and oxygen atoms in total. The summed E-state index contributed by atoms with van der Waals surface area (Å²) in [5.41, 5.74) is -0.289. The molecular weight excluding hydrogens is 328 g/mol. The zero-order valence-electron chi connectivity index (χ0n) is 13.2. The lowest BCUT2D eigenvalue weighted by Gasteiger charge is -2.22. The third kappa shape index (κ3) is 3.08. The van der Waals surface area contributed by atoms with Gasteiger partial charge in [-0.05, 0) is 36.8 Å². The van der Waals surface area contributed by atoms with E-state index in [0.717, 1.165) is 5.56 Å². The first-order chi connectivity index (χ1) is 11.5. The zero-order valence-corrected chi connectivity index (χ0v) is 13.9. The van der Waals surface area contributed by atoms with Gasteiger partial charge in [-0.1, -0.05) is 41.9 Å². The lowest BCUT2D eigenvalue weighted by Crippen LogP contribution is -2.41. The highest BCUT2D eigenvalue weighted by Gasteiger charge is 2.48. The van der Waals surface area contributed by atoms with Crippen LogP contribution in [0.4, 0.5) is 4.79 Å². The fourth-order valence-electron chi connectivity index (χ4n) is 2.65. The molecule has 1 fully saturated rings. The van der Waals surface area contributed by atoms with E-state index in [2.05, 4.69) is 5.32 Å². The lowest BCUT2D eigenvalue weighted by atomic mass is 9.92. The Morgan fingerprint density at radius 3 is 2.42 bits per heavy atom. The first-order valence-corrected chi connectivity index (χ1v) is 7.96. The van der Waals surface area contributed by atoms with Gasteiger partial charge < -0.3 is 10.1 Å². The molecule has 1 aliphatic heterocycles. The topological polar surface area (TPSA) is 58.6 Å². The van der Waals surface area contributed by atoms with Crippen LogP contribution < -0.4 is 10.1 Å². The average molecular weight is 345 g/mol. The molecule has 24 heavy (non-hydrogen) atoms. The number of carbonyl (C=O) groups excluding carboxylic acids is 2. The zero-order chi connectivity index (χ0) is 17.2. The Labute approximate surface area is 145 Å². The number of rotatable bonds is 5. The van der Waals surface area contributed by atoms with E-state index >= 15 is 0 Å². The number of nitrogens with one attached hydrogen (secondary N) is 1. The minimum Gasteiger partial charge on any atom is -0.492 e.